The van der Waals surface area contributed by atoms with Crippen LogP contribution < -0.4 is 0 Å². The summed E-state index contributed by atoms with van der Waals surface area (Å²) in [4.78, 5) is 0. The number of aryl methyl sites for hydroxylation is 1. The quantitative estimate of drug-likeness (QED) is 0.429. The summed E-state index contributed by atoms with van der Waals surface area (Å²) < 4.78 is 5.61. The van der Waals surface area contributed by atoms with Crippen molar-refractivity contribution in [3.8, 4) is 0 Å². The summed E-state index contributed by atoms with van der Waals surface area (Å²) in [6, 6.07) is 7.72. The number of benzene rings is 1. The van der Waals surface area contributed by atoms with Crippen molar-refractivity contribution in [1.82, 2.24) is 0 Å². The summed E-state index contributed by atoms with van der Waals surface area (Å²) >= 11 is 0. The summed E-state index contributed by atoms with van der Waals surface area (Å²) in [5.41, 5.74) is 2.03. The van der Waals surface area contributed by atoms with Crippen molar-refractivity contribution in [2.45, 2.75) is 57.4 Å². The molecule has 1 aromatic carbocycles. The summed E-state index contributed by atoms with van der Waals surface area (Å²) in [7, 11) is 0. The first kappa shape index (κ1) is 19.0. The third-order valence-electron chi connectivity index (χ3n) is 3.61. The van der Waals surface area contributed by atoms with E-state index in [1.807, 2.05) is 31.2 Å². The topological polar surface area (TPSA) is 110 Å². The smallest absolute Gasteiger partial charge is 0.111 e. The first-order valence-electron chi connectivity index (χ1n) is 7.41. The molecule has 0 fully saturated rings. The maximum Gasteiger partial charge on any atom is 0.111 e. The zero-order valence-corrected chi connectivity index (χ0v) is 13.0. The fourth-order valence-electron chi connectivity index (χ4n) is 2.22. The van der Waals surface area contributed by atoms with Gasteiger partial charge in [0, 0.05) is 0 Å². The highest BCUT2D eigenvalue weighted by Crippen LogP contribution is 2.16. The molecule has 0 amide bonds. The molecule has 0 aliphatic heterocycles. The number of hydrogen-bond donors (Lipinski definition) is 5. The van der Waals surface area contributed by atoms with Crippen LogP contribution in [0, 0.1) is 6.92 Å². The average molecular weight is 314 g/mol. The van der Waals surface area contributed by atoms with Crippen LogP contribution in [-0.4, -0.2) is 62.7 Å². The maximum absolute atomic E-state index is 10.1. The van der Waals surface area contributed by atoms with Crippen LogP contribution >= 0.6 is 0 Å². The molecule has 126 valence electrons. The van der Waals surface area contributed by atoms with E-state index in [4.69, 9.17) is 9.84 Å². The molecular weight excluding hydrogens is 288 g/mol. The van der Waals surface area contributed by atoms with Crippen molar-refractivity contribution in [3.05, 3.63) is 35.4 Å². The number of aliphatic hydroxyl groups excluding tert-OH is 5. The lowest BCUT2D eigenvalue weighted by molar-refractivity contribution is -0.153. The molecule has 5 atom stereocenters. The molecule has 0 spiro atoms. The minimum absolute atomic E-state index is 0.266. The van der Waals surface area contributed by atoms with E-state index >= 15 is 0 Å². The third kappa shape index (κ3) is 5.31. The molecule has 0 saturated carbocycles. The van der Waals surface area contributed by atoms with E-state index in [-0.39, 0.29) is 6.61 Å². The molecule has 5 unspecified atom stereocenters. The molecular formula is C16H26O6. The van der Waals surface area contributed by atoms with Gasteiger partial charge in [-0.3, -0.25) is 0 Å². The summed E-state index contributed by atoms with van der Waals surface area (Å²) in [5, 5.41) is 47.7. The van der Waals surface area contributed by atoms with E-state index in [0.29, 0.717) is 6.42 Å². The highest BCUT2D eigenvalue weighted by Gasteiger charge is 2.34. The highest BCUT2D eigenvalue weighted by atomic mass is 16.5. The van der Waals surface area contributed by atoms with Crippen LogP contribution in [0.1, 0.15) is 24.5 Å². The van der Waals surface area contributed by atoms with E-state index in [0.717, 1.165) is 11.1 Å². The highest BCUT2D eigenvalue weighted by molar-refractivity contribution is 5.21. The van der Waals surface area contributed by atoms with Gasteiger partial charge in [0.05, 0.1) is 19.3 Å². The zero-order valence-electron chi connectivity index (χ0n) is 13.0. The Kier molecular flexibility index (Phi) is 7.95. The van der Waals surface area contributed by atoms with Gasteiger partial charge in [-0.2, -0.15) is 0 Å². The third-order valence-corrected chi connectivity index (χ3v) is 3.61. The lowest BCUT2D eigenvalue weighted by atomic mass is 9.98. The van der Waals surface area contributed by atoms with E-state index in [1.165, 1.54) is 0 Å². The van der Waals surface area contributed by atoms with Crippen molar-refractivity contribution in [2.75, 3.05) is 6.61 Å². The Balaban J connectivity index is 2.62. The fraction of sp³-hybridized carbons (Fsp3) is 0.625. The van der Waals surface area contributed by atoms with Gasteiger partial charge in [0.2, 0.25) is 0 Å². The van der Waals surface area contributed by atoms with E-state index in [2.05, 4.69) is 0 Å². The minimum Gasteiger partial charge on any atom is -0.394 e. The van der Waals surface area contributed by atoms with Crippen LogP contribution in [0.2, 0.25) is 0 Å². The molecule has 0 saturated heterocycles. The Morgan fingerprint density at radius 1 is 1.05 bits per heavy atom. The largest absolute Gasteiger partial charge is 0.394 e. The van der Waals surface area contributed by atoms with Gasteiger partial charge >= 0.3 is 0 Å². The molecule has 0 aliphatic carbocycles. The number of ether oxygens (including phenoxy) is 1. The van der Waals surface area contributed by atoms with Crippen molar-refractivity contribution < 1.29 is 30.3 Å². The number of hydrogen-bond acceptors (Lipinski definition) is 6. The van der Waals surface area contributed by atoms with Crippen molar-refractivity contribution >= 4 is 0 Å². The molecule has 0 bridgehead atoms. The zero-order chi connectivity index (χ0) is 16.7. The van der Waals surface area contributed by atoms with Crippen LogP contribution in [0.25, 0.3) is 0 Å². The van der Waals surface area contributed by atoms with Gasteiger partial charge in [-0.25, -0.2) is 0 Å². The Morgan fingerprint density at radius 3 is 2.27 bits per heavy atom. The van der Waals surface area contributed by atoms with E-state index in [9.17, 15) is 20.4 Å². The molecule has 0 radical (unpaired) electrons. The monoisotopic (exact) mass is 314 g/mol. The predicted octanol–water partition coefficient (Wildman–Crippen LogP) is -0.274. The first-order valence-corrected chi connectivity index (χ1v) is 7.41. The van der Waals surface area contributed by atoms with Crippen molar-refractivity contribution in [3.63, 3.8) is 0 Å². The summed E-state index contributed by atoms with van der Waals surface area (Å²) in [5.74, 6) is 0. The second-order valence-corrected chi connectivity index (χ2v) is 5.47. The lowest BCUT2D eigenvalue weighted by Gasteiger charge is -2.30. The standard InChI is InChI=1S/C16H26O6/c1-3-13(15(20)16(21)14(19)12(18)8-17)22-9-11-6-4-5-10(2)7-11/h4-7,12-21H,3,8-9H2,1-2H3. The summed E-state index contributed by atoms with van der Waals surface area (Å²) in [6.45, 7) is 3.31. The van der Waals surface area contributed by atoms with Crippen LogP contribution in [-0.2, 0) is 11.3 Å². The number of rotatable bonds is 9. The molecule has 22 heavy (non-hydrogen) atoms. The van der Waals surface area contributed by atoms with Crippen LogP contribution in [0.4, 0.5) is 0 Å². The molecule has 6 nitrogen and oxygen atoms in total. The Hall–Kier alpha value is -1.02. The minimum atomic E-state index is -1.64. The van der Waals surface area contributed by atoms with Gasteiger partial charge in [-0.1, -0.05) is 36.8 Å². The van der Waals surface area contributed by atoms with Gasteiger partial charge in [0.25, 0.3) is 0 Å². The normalized spacial score (nSPS) is 18.5. The average Bonchev–Trinajstić information content (AvgIpc) is 2.53. The van der Waals surface area contributed by atoms with Crippen LogP contribution in [0.15, 0.2) is 24.3 Å². The van der Waals surface area contributed by atoms with Gasteiger partial charge in [-0.05, 0) is 18.9 Å². The van der Waals surface area contributed by atoms with Crippen molar-refractivity contribution in [2.24, 2.45) is 0 Å². The lowest BCUT2D eigenvalue weighted by Crippen LogP contribution is -2.50. The van der Waals surface area contributed by atoms with Gasteiger partial charge in [0.15, 0.2) is 0 Å². The molecule has 0 aliphatic rings. The molecule has 0 heterocycles. The van der Waals surface area contributed by atoms with Gasteiger partial charge in [-0.15, -0.1) is 0 Å². The fourth-order valence-corrected chi connectivity index (χ4v) is 2.22. The molecule has 1 aromatic rings. The van der Waals surface area contributed by atoms with Crippen LogP contribution in [0.3, 0.4) is 0 Å². The van der Waals surface area contributed by atoms with E-state index in [1.54, 1.807) is 6.92 Å². The SMILES string of the molecule is CCC(OCc1cccc(C)c1)C(O)C(O)C(O)C(O)CO. The summed E-state index contributed by atoms with van der Waals surface area (Å²) in [6.07, 6.45) is -6.41. The van der Waals surface area contributed by atoms with Gasteiger partial charge in [0.1, 0.15) is 24.4 Å². The molecule has 6 heteroatoms. The van der Waals surface area contributed by atoms with Crippen LogP contribution in [0.5, 0.6) is 0 Å². The second-order valence-electron chi connectivity index (χ2n) is 5.47. The molecule has 1 rings (SSSR count). The first-order chi connectivity index (χ1) is 10.4. The Labute approximate surface area is 130 Å². The van der Waals surface area contributed by atoms with Crippen molar-refractivity contribution in [1.29, 1.82) is 0 Å². The predicted molar refractivity (Wildman–Crippen MR) is 81.2 cm³/mol. The Morgan fingerprint density at radius 2 is 1.73 bits per heavy atom. The van der Waals surface area contributed by atoms with E-state index < -0.39 is 37.1 Å². The second kappa shape index (κ2) is 9.19. The molecule has 5 N–H and O–H groups in total. The molecule has 0 aromatic heterocycles. The maximum atomic E-state index is 10.1. The number of aliphatic hydroxyl groups is 5. The Bertz CT molecular complexity index is 438. The van der Waals surface area contributed by atoms with Gasteiger partial charge < -0.3 is 30.3 Å².